The maximum Gasteiger partial charge on any atom is 0.333 e. The smallest absolute Gasteiger partial charge is 0.333 e. The first-order chi connectivity index (χ1) is 10.1. The van der Waals surface area contributed by atoms with E-state index >= 15 is 0 Å². The number of thioether (sulfide) groups is 1. The van der Waals surface area contributed by atoms with Gasteiger partial charge in [-0.1, -0.05) is 11.8 Å². The van der Waals surface area contributed by atoms with Crippen LogP contribution in [0.2, 0.25) is 0 Å². The molecule has 0 saturated carbocycles. The molecule has 114 valence electrons. The van der Waals surface area contributed by atoms with E-state index in [0.29, 0.717) is 12.0 Å². The molecule has 0 aromatic heterocycles. The number of allylic oxidation sites excluding steroid dienone is 1. The fourth-order valence-electron chi connectivity index (χ4n) is 2.67. The Kier molecular flexibility index (Phi) is 4.78. The maximum absolute atomic E-state index is 12.2. The van der Waals surface area contributed by atoms with Crippen LogP contribution in [-0.2, 0) is 19.1 Å². The van der Waals surface area contributed by atoms with Crippen molar-refractivity contribution >= 4 is 23.7 Å². The fourth-order valence-corrected chi connectivity index (χ4v) is 4.12. The molecule has 0 bridgehead atoms. The van der Waals surface area contributed by atoms with Gasteiger partial charge in [0.05, 0.1) is 30.9 Å². The Morgan fingerprint density at radius 3 is 2.29 bits per heavy atom. The van der Waals surface area contributed by atoms with Crippen molar-refractivity contribution in [2.24, 2.45) is 0 Å². The molecule has 0 amide bonds. The number of ether oxygens (including phenoxy) is 2. The van der Waals surface area contributed by atoms with Crippen LogP contribution >= 0.6 is 11.8 Å². The monoisotopic (exact) mass is 310 g/mol. The number of methoxy groups -OCH3 is 2. The lowest BCUT2D eigenvalue weighted by molar-refractivity contribution is -0.156. The van der Waals surface area contributed by atoms with Crippen molar-refractivity contribution in [2.45, 2.75) is 30.4 Å². The first-order valence-electron chi connectivity index (χ1n) is 6.83. The van der Waals surface area contributed by atoms with Gasteiger partial charge in [0.15, 0.2) is 0 Å². The summed E-state index contributed by atoms with van der Waals surface area (Å²) < 4.78 is 8.22. The summed E-state index contributed by atoms with van der Waals surface area (Å²) in [4.78, 5) is 26.4. The van der Waals surface area contributed by atoms with Crippen LogP contribution in [0.5, 0.6) is 0 Å². The molecule has 2 heterocycles. The number of hydrogen-bond acceptors (Lipinski definition) is 7. The fraction of sp³-hybridized carbons (Fsp3) is 0.643. The molecule has 2 rings (SSSR count). The largest absolute Gasteiger partial charge is 0.468 e. The zero-order valence-corrected chi connectivity index (χ0v) is 13.0. The van der Waals surface area contributed by atoms with E-state index in [2.05, 4.69) is 11.0 Å². The minimum Gasteiger partial charge on any atom is -0.468 e. The van der Waals surface area contributed by atoms with Gasteiger partial charge >= 0.3 is 11.9 Å². The van der Waals surface area contributed by atoms with Crippen LogP contribution < -0.4 is 0 Å². The van der Waals surface area contributed by atoms with Gasteiger partial charge in [-0.25, -0.2) is 9.59 Å². The molecule has 0 unspecified atom stereocenters. The Labute approximate surface area is 128 Å². The number of likely N-dealkylation sites (tertiary alicyclic amines) is 1. The van der Waals surface area contributed by atoms with Crippen LogP contribution in [-0.4, -0.2) is 48.9 Å². The minimum absolute atomic E-state index is 0.219. The highest BCUT2D eigenvalue weighted by Crippen LogP contribution is 2.47. The SMILES string of the molecule is COC(=O)C1(C(=O)OC)CCC(C#N)=C(N2CCCC2)S1. The van der Waals surface area contributed by atoms with E-state index in [4.69, 9.17) is 9.47 Å². The van der Waals surface area contributed by atoms with Crippen molar-refractivity contribution in [3.63, 3.8) is 0 Å². The molecular weight excluding hydrogens is 292 g/mol. The summed E-state index contributed by atoms with van der Waals surface area (Å²) in [6.07, 6.45) is 2.69. The van der Waals surface area contributed by atoms with E-state index < -0.39 is 16.7 Å². The lowest BCUT2D eigenvalue weighted by Crippen LogP contribution is -2.47. The van der Waals surface area contributed by atoms with E-state index in [-0.39, 0.29) is 6.42 Å². The molecule has 7 heteroatoms. The van der Waals surface area contributed by atoms with Gasteiger partial charge in [0, 0.05) is 13.1 Å². The van der Waals surface area contributed by atoms with E-state index in [1.165, 1.54) is 14.2 Å². The zero-order valence-electron chi connectivity index (χ0n) is 12.2. The summed E-state index contributed by atoms with van der Waals surface area (Å²) >= 11 is 1.11. The first-order valence-corrected chi connectivity index (χ1v) is 7.64. The first kappa shape index (κ1) is 15.7. The maximum atomic E-state index is 12.2. The van der Waals surface area contributed by atoms with Crippen molar-refractivity contribution in [3.8, 4) is 6.07 Å². The van der Waals surface area contributed by atoms with E-state index in [9.17, 15) is 14.9 Å². The molecule has 6 nitrogen and oxygen atoms in total. The Balaban J connectivity index is 2.39. The standard InChI is InChI=1S/C14H18N2O4S/c1-19-12(17)14(13(18)20-2)6-5-10(9-15)11(21-14)16-7-3-4-8-16/h3-8H2,1-2H3. The van der Waals surface area contributed by atoms with Gasteiger partial charge in [0.2, 0.25) is 4.75 Å². The summed E-state index contributed by atoms with van der Waals surface area (Å²) in [5, 5.41) is 10.0. The summed E-state index contributed by atoms with van der Waals surface area (Å²) in [5.41, 5.74) is 0.630. The minimum atomic E-state index is -1.40. The topological polar surface area (TPSA) is 79.6 Å². The van der Waals surface area contributed by atoms with Crippen LogP contribution in [0, 0.1) is 11.3 Å². The molecular formula is C14H18N2O4S. The third-order valence-electron chi connectivity index (χ3n) is 3.81. The molecule has 1 saturated heterocycles. The molecule has 0 aliphatic carbocycles. The number of carbonyl (C=O) groups is 2. The molecule has 0 N–H and O–H groups in total. The molecule has 1 fully saturated rings. The number of nitrogens with zero attached hydrogens (tertiary/aromatic N) is 2. The van der Waals surface area contributed by atoms with Crippen molar-refractivity contribution < 1.29 is 19.1 Å². The third-order valence-corrected chi connectivity index (χ3v) is 5.40. The number of hydrogen-bond donors (Lipinski definition) is 0. The lowest BCUT2D eigenvalue weighted by atomic mass is 9.98. The number of nitriles is 1. The average molecular weight is 310 g/mol. The molecule has 21 heavy (non-hydrogen) atoms. The van der Waals surface area contributed by atoms with E-state index in [1.54, 1.807) is 0 Å². The Bertz CT molecular complexity index is 502. The second kappa shape index (κ2) is 6.39. The van der Waals surface area contributed by atoms with Crippen LogP contribution in [0.4, 0.5) is 0 Å². The van der Waals surface area contributed by atoms with Crippen molar-refractivity contribution in [1.29, 1.82) is 5.26 Å². The van der Waals surface area contributed by atoms with Crippen molar-refractivity contribution in [1.82, 2.24) is 4.90 Å². The second-order valence-electron chi connectivity index (χ2n) is 5.00. The second-order valence-corrected chi connectivity index (χ2v) is 6.29. The van der Waals surface area contributed by atoms with E-state index in [1.807, 2.05) is 0 Å². The van der Waals surface area contributed by atoms with Crippen LogP contribution in [0.15, 0.2) is 10.6 Å². The predicted molar refractivity (Wildman–Crippen MR) is 77.0 cm³/mol. The molecule has 0 spiro atoms. The zero-order chi connectivity index (χ0) is 15.5. The Hall–Kier alpha value is -1.68. The highest BCUT2D eigenvalue weighted by molar-refractivity contribution is 8.05. The summed E-state index contributed by atoms with van der Waals surface area (Å²) in [6, 6.07) is 2.20. The summed E-state index contributed by atoms with van der Waals surface area (Å²) in [7, 11) is 2.51. The van der Waals surface area contributed by atoms with Gasteiger partial charge < -0.3 is 14.4 Å². The third kappa shape index (κ3) is 2.72. The van der Waals surface area contributed by atoms with Gasteiger partial charge in [-0.2, -0.15) is 5.26 Å². The molecule has 0 radical (unpaired) electrons. The van der Waals surface area contributed by atoms with Crippen molar-refractivity contribution in [3.05, 3.63) is 10.6 Å². The quantitative estimate of drug-likeness (QED) is 0.576. The normalized spacial score (nSPS) is 20.9. The van der Waals surface area contributed by atoms with Crippen LogP contribution in [0.1, 0.15) is 25.7 Å². The molecule has 2 aliphatic rings. The molecule has 0 aromatic rings. The Morgan fingerprint density at radius 2 is 1.81 bits per heavy atom. The van der Waals surface area contributed by atoms with Crippen LogP contribution in [0.25, 0.3) is 0 Å². The summed E-state index contributed by atoms with van der Waals surface area (Å²) in [6.45, 7) is 1.68. The van der Waals surface area contributed by atoms with Crippen molar-refractivity contribution in [2.75, 3.05) is 27.3 Å². The highest BCUT2D eigenvalue weighted by Gasteiger charge is 2.53. The number of esters is 2. The lowest BCUT2D eigenvalue weighted by Gasteiger charge is -2.35. The van der Waals surface area contributed by atoms with Crippen LogP contribution in [0.3, 0.4) is 0 Å². The average Bonchev–Trinajstić information content (AvgIpc) is 3.06. The molecule has 0 atom stereocenters. The highest BCUT2D eigenvalue weighted by atomic mass is 32.2. The molecule has 0 aromatic carbocycles. The number of rotatable bonds is 3. The van der Waals surface area contributed by atoms with Gasteiger partial charge in [-0.15, -0.1) is 0 Å². The van der Waals surface area contributed by atoms with Gasteiger partial charge in [0.1, 0.15) is 0 Å². The summed E-state index contributed by atoms with van der Waals surface area (Å²) in [5.74, 6) is -1.24. The number of carbonyl (C=O) groups excluding carboxylic acids is 2. The molecule has 2 aliphatic heterocycles. The van der Waals surface area contributed by atoms with Gasteiger partial charge in [-0.3, -0.25) is 0 Å². The van der Waals surface area contributed by atoms with E-state index in [0.717, 1.165) is 42.7 Å². The predicted octanol–water partition coefficient (Wildman–Crippen LogP) is 1.43. The van der Waals surface area contributed by atoms with Gasteiger partial charge in [0.25, 0.3) is 0 Å². The Morgan fingerprint density at radius 1 is 1.24 bits per heavy atom. The van der Waals surface area contributed by atoms with Gasteiger partial charge in [-0.05, 0) is 25.7 Å².